The predicted octanol–water partition coefficient (Wildman–Crippen LogP) is 3.94. The van der Waals surface area contributed by atoms with Crippen molar-refractivity contribution >= 4 is 12.4 Å². The number of allylic oxidation sites excluding steroid dienone is 1. The zero-order valence-electron chi connectivity index (χ0n) is 8.64. The third-order valence-electron chi connectivity index (χ3n) is 2.04. The Hall–Kier alpha value is -1.79. The van der Waals surface area contributed by atoms with Gasteiger partial charge in [0.25, 0.3) is 0 Å². The van der Waals surface area contributed by atoms with Crippen LogP contribution >= 0.6 is 0 Å². The molecule has 0 radical (unpaired) electrons. The van der Waals surface area contributed by atoms with E-state index in [9.17, 15) is 31.1 Å². The average molecular weight is 268 g/mol. The molecule has 1 rings (SSSR count). The van der Waals surface area contributed by atoms with Gasteiger partial charge in [-0.2, -0.15) is 26.3 Å². The van der Waals surface area contributed by atoms with E-state index < -0.39 is 29.0 Å². The molecular formula is C11H6F6O. The van der Waals surface area contributed by atoms with Crippen LogP contribution in [0.2, 0.25) is 0 Å². The Balaban J connectivity index is 3.39. The van der Waals surface area contributed by atoms with Crippen LogP contribution in [-0.4, -0.2) is 6.29 Å². The van der Waals surface area contributed by atoms with E-state index in [2.05, 4.69) is 0 Å². The number of rotatable bonds is 2. The van der Waals surface area contributed by atoms with Crippen LogP contribution in [0.5, 0.6) is 0 Å². The Morgan fingerprint density at radius 1 is 0.944 bits per heavy atom. The van der Waals surface area contributed by atoms with Crippen LogP contribution in [0.1, 0.15) is 16.7 Å². The molecule has 0 aliphatic heterocycles. The van der Waals surface area contributed by atoms with Crippen LogP contribution in [-0.2, 0) is 17.1 Å². The second kappa shape index (κ2) is 4.83. The summed E-state index contributed by atoms with van der Waals surface area (Å²) < 4.78 is 74.6. The first kappa shape index (κ1) is 14.3. The summed E-state index contributed by atoms with van der Waals surface area (Å²) in [5.41, 5.74) is -3.32. The van der Waals surface area contributed by atoms with Gasteiger partial charge in [-0.05, 0) is 23.8 Å². The maximum absolute atomic E-state index is 12.6. The van der Waals surface area contributed by atoms with Gasteiger partial charge in [-0.3, -0.25) is 4.79 Å². The van der Waals surface area contributed by atoms with Crippen molar-refractivity contribution in [3.63, 3.8) is 0 Å². The van der Waals surface area contributed by atoms with Crippen LogP contribution in [0, 0.1) is 0 Å². The van der Waals surface area contributed by atoms with E-state index in [0.717, 1.165) is 12.2 Å². The van der Waals surface area contributed by atoms with Crippen molar-refractivity contribution in [2.75, 3.05) is 0 Å². The highest BCUT2D eigenvalue weighted by atomic mass is 19.4. The highest BCUT2D eigenvalue weighted by Gasteiger charge is 2.37. The second-order valence-corrected chi connectivity index (χ2v) is 3.29. The highest BCUT2D eigenvalue weighted by Crippen LogP contribution is 2.37. The summed E-state index contributed by atoms with van der Waals surface area (Å²) in [6.07, 6.45) is -7.97. The summed E-state index contributed by atoms with van der Waals surface area (Å²) in [6.45, 7) is 0. The van der Waals surface area contributed by atoms with Gasteiger partial charge < -0.3 is 0 Å². The summed E-state index contributed by atoms with van der Waals surface area (Å²) in [5, 5.41) is 0. The van der Waals surface area contributed by atoms with Crippen molar-refractivity contribution in [1.82, 2.24) is 0 Å². The van der Waals surface area contributed by atoms with Crippen LogP contribution in [0.15, 0.2) is 24.3 Å². The van der Waals surface area contributed by atoms with Crippen LogP contribution in [0.3, 0.4) is 0 Å². The molecule has 0 bridgehead atoms. The zero-order valence-corrected chi connectivity index (χ0v) is 8.64. The van der Waals surface area contributed by atoms with Crippen LogP contribution in [0.4, 0.5) is 26.3 Å². The molecule has 1 aromatic carbocycles. The number of carbonyl (C=O) groups excluding carboxylic acids is 1. The minimum absolute atomic E-state index is 0.0183. The first-order chi connectivity index (χ1) is 8.16. The summed E-state index contributed by atoms with van der Waals surface area (Å²) in [5.74, 6) is 0. The van der Waals surface area contributed by atoms with Gasteiger partial charge in [0.15, 0.2) is 0 Å². The Morgan fingerprint density at radius 3 is 2.00 bits per heavy atom. The molecule has 0 fully saturated rings. The fourth-order valence-electron chi connectivity index (χ4n) is 1.27. The van der Waals surface area contributed by atoms with Gasteiger partial charge in [-0.25, -0.2) is 0 Å². The van der Waals surface area contributed by atoms with E-state index in [1.165, 1.54) is 0 Å². The lowest BCUT2D eigenvalue weighted by Crippen LogP contribution is -2.12. The molecule has 0 saturated carbocycles. The molecule has 0 aromatic heterocycles. The minimum atomic E-state index is -4.93. The topological polar surface area (TPSA) is 17.1 Å². The minimum Gasteiger partial charge on any atom is -0.299 e. The molecule has 0 N–H and O–H groups in total. The van der Waals surface area contributed by atoms with Crippen molar-refractivity contribution in [3.8, 4) is 0 Å². The average Bonchev–Trinajstić information content (AvgIpc) is 2.23. The van der Waals surface area contributed by atoms with E-state index in [4.69, 9.17) is 0 Å². The lowest BCUT2D eigenvalue weighted by atomic mass is 10.0. The summed E-state index contributed by atoms with van der Waals surface area (Å²) in [7, 11) is 0. The van der Waals surface area contributed by atoms with E-state index in [-0.39, 0.29) is 12.4 Å². The molecule has 18 heavy (non-hydrogen) atoms. The van der Waals surface area contributed by atoms with Gasteiger partial charge in [0.2, 0.25) is 0 Å². The van der Waals surface area contributed by atoms with Gasteiger partial charge >= 0.3 is 12.4 Å². The standard InChI is InChI=1S/C11H6F6O/c12-10(13,14)8-4-3-7(2-1-5-18)9(6-8)11(15,16)17/h1-6H/b2-1+. The molecule has 0 saturated heterocycles. The summed E-state index contributed by atoms with van der Waals surface area (Å²) in [4.78, 5) is 10.0. The van der Waals surface area contributed by atoms with E-state index in [1.54, 1.807) is 0 Å². The van der Waals surface area contributed by atoms with Gasteiger partial charge in [0, 0.05) is 0 Å². The SMILES string of the molecule is O=C/C=C/c1ccc(C(F)(F)F)cc1C(F)(F)F. The molecule has 0 aliphatic rings. The first-order valence-corrected chi connectivity index (χ1v) is 4.56. The van der Waals surface area contributed by atoms with Crippen LogP contribution < -0.4 is 0 Å². The molecule has 1 nitrogen and oxygen atoms in total. The Kier molecular flexibility index (Phi) is 3.83. The van der Waals surface area contributed by atoms with E-state index >= 15 is 0 Å². The zero-order chi connectivity index (χ0) is 14.0. The normalized spacial score (nSPS) is 13.0. The van der Waals surface area contributed by atoms with Gasteiger partial charge in [0.05, 0.1) is 11.1 Å². The summed E-state index contributed by atoms with van der Waals surface area (Å²) >= 11 is 0. The molecule has 0 spiro atoms. The molecular weight excluding hydrogens is 262 g/mol. The second-order valence-electron chi connectivity index (χ2n) is 3.29. The molecule has 7 heteroatoms. The molecule has 0 unspecified atom stereocenters. The Morgan fingerprint density at radius 2 is 1.56 bits per heavy atom. The summed E-state index contributed by atoms with van der Waals surface area (Å²) in [6, 6.07) is 1.22. The Bertz CT molecular complexity index is 469. The van der Waals surface area contributed by atoms with Crippen molar-refractivity contribution in [1.29, 1.82) is 0 Å². The maximum atomic E-state index is 12.6. The maximum Gasteiger partial charge on any atom is 0.417 e. The smallest absolute Gasteiger partial charge is 0.299 e. The number of aldehydes is 1. The first-order valence-electron chi connectivity index (χ1n) is 4.56. The lowest BCUT2D eigenvalue weighted by Gasteiger charge is -2.13. The fraction of sp³-hybridized carbons (Fsp3) is 0.182. The number of hydrogen-bond acceptors (Lipinski definition) is 1. The lowest BCUT2D eigenvalue weighted by molar-refractivity contribution is -0.143. The quantitative estimate of drug-likeness (QED) is 0.451. The molecule has 0 aliphatic carbocycles. The molecule has 1 aromatic rings. The predicted molar refractivity (Wildman–Crippen MR) is 51.5 cm³/mol. The van der Waals surface area contributed by atoms with Crippen molar-refractivity contribution in [2.45, 2.75) is 12.4 Å². The molecule has 0 heterocycles. The number of hydrogen-bond donors (Lipinski definition) is 0. The molecule has 0 amide bonds. The third-order valence-corrected chi connectivity index (χ3v) is 2.04. The monoisotopic (exact) mass is 268 g/mol. The number of carbonyl (C=O) groups is 1. The molecule has 98 valence electrons. The van der Waals surface area contributed by atoms with Crippen molar-refractivity contribution in [2.24, 2.45) is 0 Å². The molecule has 0 atom stereocenters. The largest absolute Gasteiger partial charge is 0.417 e. The van der Waals surface area contributed by atoms with Crippen LogP contribution in [0.25, 0.3) is 6.08 Å². The highest BCUT2D eigenvalue weighted by molar-refractivity contribution is 5.74. The van der Waals surface area contributed by atoms with Gasteiger partial charge in [-0.1, -0.05) is 12.1 Å². The number of alkyl halides is 6. The third kappa shape index (κ3) is 3.35. The van der Waals surface area contributed by atoms with E-state index in [1.807, 2.05) is 0 Å². The van der Waals surface area contributed by atoms with E-state index in [0.29, 0.717) is 12.1 Å². The van der Waals surface area contributed by atoms with Gasteiger partial charge in [0.1, 0.15) is 6.29 Å². The Labute approximate surface area is 97.7 Å². The van der Waals surface area contributed by atoms with Gasteiger partial charge in [-0.15, -0.1) is 0 Å². The van der Waals surface area contributed by atoms with Crippen molar-refractivity contribution < 1.29 is 31.1 Å². The number of halogens is 6. The van der Waals surface area contributed by atoms with Crippen molar-refractivity contribution in [3.05, 3.63) is 41.0 Å². The number of benzene rings is 1. The fourth-order valence-corrected chi connectivity index (χ4v) is 1.27.